The largest absolute Gasteiger partial charge is 0.465 e. The van der Waals surface area contributed by atoms with E-state index in [1.165, 1.54) is 17.6 Å². The quantitative estimate of drug-likeness (QED) is 0.788. The number of amides is 1. The van der Waals surface area contributed by atoms with Gasteiger partial charge in [-0.3, -0.25) is 9.69 Å². The number of fused-ring (bicyclic) bond motifs is 1. The molecule has 1 atom stereocenters. The number of likely N-dealkylation sites (N-methyl/N-ethyl adjacent to an activating group) is 1. The molecule has 0 radical (unpaired) electrons. The molecule has 0 saturated heterocycles. The van der Waals surface area contributed by atoms with Crippen molar-refractivity contribution in [2.75, 3.05) is 32.1 Å². The highest BCUT2D eigenvalue weighted by atomic mass is 32.1. The van der Waals surface area contributed by atoms with Gasteiger partial charge in [-0.15, -0.1) is 11.3 Å². The van der Waals surface area contributed by atoms with Gasteiger partial charge in [-0.05, 0) is 42.5 Å². The Morgan fingerprint density at radius 1 is 1.32 bits per heavy atom. The molecule has 1 aliphatic heterocycles. The summed E-state index contributed by atoms with van der Waals surface area (Å²) in [6.45, 7) is 3.33. The van der Waals surface area contributed by atoms with Crippen molar-refractivity contribution in [2.45, 2.75) is 19.4 Å². The van der Waals surface area contributed by atoms with E-state index in [0.717, 1.165) is 13.0 Å². The first-order valence-corrected chi connectivity index (χ1v) is 9.15. The van der Waals surface area contributed by atoms with E-state index in [0.29, 0.717) is 17.8 Å². The highest BCUT2D eigenvalue weighted by molar-refractivity contribution is 7.10. The van der Waals surface area contributed by atoms with Crippen LogP contribution in [0.4, 0.5) is 5.69 Å². The first kappa shape index (κ1) is 17.6. The molecule has 2 aromatic rings. The van der Waals surface area contributed by atoms with E-state index in [1.54, 1.807) is 41.5 Å². The normalized spacial score (nSPS) is 17.0. The van der Waals surface area contributed by atoms with Crippen molar-refractivity contribution in [2.24, 2.45) is 0 Å². The van der Waals surface area contributed by atoms with E-state index in [4.69, 9.17) is 4.74 Å². The number of carbonyl (C=O) groups excluding carboxylic acids is 2. The minimum Gasteiger partial charge on any atom is -0.465 e. The topological polar surface area (TPSA) is 49.9 Å². The van der Waals surface area contributed by atoms with Crippen molar-refractivity contribution in [1.29, 1.82) is 0 Å². The van der Waals surface area contributed by atoms with Gasteiger partial charge in [-0.1, -0.05) is 12.1 Å². The molecule has 0 aliphatic carbocycles. The van der Waals surface area contributed by atoms with Crippen LogP contribution in [0.1, 0.15) is 33.8 Å². The van der Waals surface area contributed by atoms with Gasteiger partial charge in [-0.2, -0.15) is 0 Å². The summed E-state index contributed by atoms with van der Waals surface area (Å²) in [6.07, 6.45) is 0.979. The Bertz CT molecular complexity index is 786. The van der Waals surface area contributed by atoms with Crippen molar-refractivity contribution in [3.8, 4) is 0 Å². The lowest BCUT2D eigenvalue weighted by Crippen LogP contribution is -2.42. The molecule has 5 nitrogen and oxygen atoms in total. The molecule has 132 valence electrons. The van der Waals surface area contributed by atoms with Crippen molar-refractivity contribution in [3.63, 3.8) is 0 Å². The summed E-state index contributed by atoms with van der Waals surface area (Å²) in [4.78, 5) is 29.9. The number of hydrogen-bond acceptors (Lipinski definition) is 5. The molecule has 1 unspecified atom stereocenters. The Kier molecular flexibility index (Phi) is 5.20. The smallest absolute Gasteiger partial charge is 0.339 e. The van der Waals surface area contributed by atoms with Crippen molar-refractivity contribution < 1.29 is 14.3 Å². The molecule has 1 aromatic carbocycles. The van der Waals surface area contributed by atoms with Crippen LogP contribution < -0.4 is 4.90 Å². The van der Waals surface area contributed by atoms with Crippen LogP contribution in [0, 0.1) is 0 Å². The second kappa shape index (κ2) is 7.37. The Labute approximate surface area is 151 Å². The van der Waals surface area contributed by atoms with Gasteiger partial charge in [0.25, 0.3) is 0 Å². The van der Waals surface area contributed by atoms with Crippen LogP contribution in [-0.4, -0.2) is 44.0 Å². The first-order valence-electron chi connectivity index (χ1n) is 8.27. The van der Waals surface area contributed by atoms with Gasteiger partial charge < -0.3 is 9.64 Å². The zero-order valence-electron chi connectivity index (χ0n) is 14.7. The third-order valence-electron chi connectivity index (χ3n) is 4.79. The van der Waals surface area contributed by atoms with Gasteiger partial charge in [0.15, 0.2) is 0 Å². The van der Waals surface area contributed by atoms with Crippen LogP contribution in [0.5, 0.6) is 0 Å². The van der Waals surface area contributed by atoms with Gasteiger partial charge >= 0.3 is 5.97 Å². The van der Waals surface area contributed by atoms with Gasteiger partial charge in [0.2, 0.25) is 5.91 Å². The molecular formula is C19H22N2O3S. The summed E-state index contributed by atoms with van der Waals surface area (Å²) in [5, 5.41) is 2.12. The fraction of sp³-hybridized carbons (Fsp3) is 0.368. The monoisotopic (exact) mass is 358 g/mol. The predicted molar refractivity (Wildman–Crippen MR) is 99.2 cm³/mol. The lowest BCUT2D eigenvalue weighted by molar-refractivity contribution is -0.120. The van der Waals surface area contributed by atoms with E-state index in [-0.39, 0.29) is 11.9 Å². The highest BCUT2D eigenvalue weighted by Gasteiger charge is 2.28. The fourth-order valence-corrected chi connectivity index (χ4v) is 4.20. The molecule has 1 aromatic heterocycles. The maximum Gasteiger partial charge on any atom is 0.339 e. The molecule has 0 saturated carbocycles. The molecular weight excluding hydrogens is 336 g/mol. The SMILES string of the molecule is COC(=O)c1ccccc1N(C)C(=O)CN1CCc2sccc2C1C. The Morgan fingerprint density at radius 2 is 2.08 bits per heavy atom. The maximum atomic E-state index is 12.8. The number of methoxy groups -OCH3 is 1. The number of benzene rings is 1. The molecule has 0 bridgehead atoms. The average Bonchev–Trinajstić information content (AvgIpc) is 3.12. The molecule has 25 heavy (non-hydrogen) atoms. The van der Waals surface area contributed by atoms with Gasteiger partial charge in [0.05, 0.1) is 24.9 Å². The highest BCUT2D eigenvalue weighted by Crippen LogP contribution is 2.32. The second-order valence-electron chi connectivity index (χ2n) is 6.16. The maximum absolute atomic E-state index is 12.8. The van der Waals surface area contributed by atoms with Gasteiger partial charge in [-0.25, -0.2) is 4.79 Å². The molecule has 0 N–H and O–H groups in total. The Morgan fingerprint density at radius 3 is 2.84 bits per heavy atom. The van der Waals surface area contributed by atoms with Crippen LogP contribution >= 0.6 is 11.3 Å². The summed E-state index contributed by atoms with van der Waals surface area (Å²) in [7, 11) is 3.05. The number of para-hydroxylation sites is 1. The lowest BCUT2D eigenvalue weighted by atomic mass is 10.0. The summed E-state index contributed by atoms with van der Waals surface area (Å²) < 4.78 is 4.82. The number of nitrogens with zero attached hydrogens (tertiary/aromatic N) is 2. The van der Waals surface area contributed by atoms with Crippen molar-refractivity contribution in [1.82, 2.24) is 4.90 Å². The van der Waals surface area contributed by atoms with Crippen LogP contribution in [0.15, 0.2) is 35.7 Å². The third kappa shape index (κ3) is 3.45. The van der Waals surface area contributed by atoms with Crippen LogP contribution in [0.25, 0.3) is 0 Å². The molecule has 0 fully saturated rings. The van der Waals surface area contributed by atoms with E-state index in [9.17, 15) is 9.59 Å². The van der Waals surface area contributed by atoms with Crippen molar-refractivity contribution >= 4 is 28.9 Å². The van der Waals surface area contributed by atoms with Crippen LogP contribution in [-0.2, 0) is 16.0 Å². The predicted octanol–water partition coefficient (Wildman–Crippen LogP) is 3.12. The molecule has 1 aliphatic rings. The number of ether oxygens (including phenoxy) is 1. The Balaban J connectivity index is 1.75. The number of carbonyl (C=O) groups is 2. The molecule has 3 rings (SSSR count). The number of rotatable bonds is 4. The van der Waals surface area contributed by atoms with Crippen LogP contribution in [0.3, 0.4) is 0 Å². The number of hydrogen-bond donors (Lipinski definition) is 0. The fourth-order valence-electron chi connectivity index (χ4n) is 3.24. The van der Waals surface area contributed by atoms with E-state index < -0.39 is 5.97 Å². The lowest BCUT2D eigenvalue weighted by Gasteiger charge is -2.34. The average molecular weight is 358 g/mol. The summed E-state index contributed by atoms with van der Waals surface area (Å²) >= 11 is 1.79. The van der Waals surface area contributed by atoms with Gasteiger partial charge in [0.1, 0.15) is 0 Å². The third-order valence-corrected chi connectivity index (χ3v) is 5.78. The van der Waals surface area contributed by atoms with Crippen molar-refractivity contribution in [3.05, 3.63) is 51.7 Å². The van der Waals surface area contributed by atoms with E-state index in [1.807, 2.05) is 6.07 Å². The Hall–Kier alpha value is -2.18. The minimum atomic E-state index is -0.440. The number of thiophene rings is 1. The zero-order valence-corrected chi connectivity index (χ0v) is 15.5. The summed E-state index contributed by atoms with van der Waals surface area (Å²) in [6, 6.07) is 9.39. The summed E-state index contributed by atoms with van der Waals surface area (Å²) in [5.74, 6) is -0.480. The second-order valence-corrected chi connectivity index (χ2v) is 7.16. The first-order chi connectivity index (χ1) is 12.0. The number of esters is 1. The molecule has 0 spiro atoms. The van der Waals surface area contributed by atoms with Gasteiger partial charge in [0, 0.05) is 24.5 Å². The summed E-state index contributed by atoms with van der Waals surface area (Å²) in [5.41, 5.74) is 2.29. The minimum absolute atomic E-state index is 0.0399. The molecule has 6 heteroatoms. The van der Waals surface area contributed by atoms with Crippen LogP contribution in [0.2, 0.25) is 0 Å². The zero-order chi connectivity index (χ0) is 18.0. The standard InChI is InChI=1S/C19H22N2O3S/c1-13-14-9-11-25-17(14)8-10-21(13)12-18(22)20(2)16-7-5-4-6-15(16)19(23)24-3/h4-7,9,11,13H,8,10,12H2,1-3H3. The van der Waals surface area contributed by atoms with E-state index >= 15 is 0 Å². The molecule has 2 heterocycles. The van der Waals surface area contributed by atoms with E-state index in [2.05, 4.69) is 23.3 Å². The molecule has 1 amide bonds. The number of anilines is 1.